The number of benzene rings is 9. The summed E-state index contributed by atoms with van der Waals surface area (Å²) in [6, 6.07) is 68.6. The quantitative estimate of drug-likeness (QED) is 0.164. The molecule has 0 bridgehead atoms. The van der Waals surface area contributed by atoms with Crippen LogP contribution in [0.3, 0.4) is 0 Å². The molecule has 11 aromatic rings. The number of hydrogen-bond acceptors (Lipinski definition) is 5. The maximum Gasteiger partial charge on any atom is 0.252 e. The van der Waals surface area contributed by atoms with Gasteiger partial charge in [0.25, 0.3) is 6.71 Å². The highest BCUT2D eigenvalue weighted by atomic mass is 16.3. The van der Waals surface area contributed by atoms with Crippen molar-refractivity contribution in [2.45, 2.75) is 103 Å². The lowest BCUT2D eigenvalue weighted by Gasteiger charge is -2.51. The van der Waals surface area contributed by atoms with Crippen LogP contribution < -0.4 is 31.1 Å². The number of para-hydroxylation sites is 3. The molecule has 372 valence electrons. The monoisotopic (exact) mass is 987 g/mol. The molecular weight excluding hydrogens is 926 g/mol. The first-order valence-corrected chi connectivity index (χ1v) is 27.6. The molecule has 2 aromatic heterocycles. The number of furan rings is 2. The minimum Gasteiger partial charge on any atom is -0.456 e. The van der Waals surface area contributed by atoms with Crippen LogP contribution in [-0.4, -0.2) is 12.3 Å². The van der Waals surface area contributed by atoms with E-state index < -0.39 is 0 Å². The van der Waals surface area contributed by atoms with Gasteiger partial charge in [-0.25, -0.2) is 0 Å². The third-order valence-corrected chi connectivity index (χ3v) is 18.5. The molecule has 1 aliphatic carbocycles. The van der Waals surface area contributed by atoms with Gasteiger partial charge in [0.1, 0.15) is 16.7 Å². The third kappa shape index (κ3) is 6.21. The van der Waals surface area contributed by atoms with Crippen molar-refractivity contribution < 1.29 is 8.83 Å². The summed E-state index contributed by atoms with van der Waals surface area (Å²) in [4.78, 5) is 8.01. The van der Waals surface area contributed by atoms with Crippen molar-refractivity contribution >= 4 is 112 Å². The van der Waals surface area contributed by atoms with E-state index in [1.54, 1.807) is 0 Å². The van der Waals surface area contributed by atoms with Gasteiger partial charge in [0.05, 0.1) is 28.0 Å². The molecular formula is C70H62BN3O2. The van der Waals surface area contributed by atoms with Gasteiger partial charge in [-0.15, -0.1) is 0 Å². The molecule has 1 saturated carbocycles. The first-order valence-electron chi connectivity index (χ1n) is 27.6. The highest BCUT2D eigenvalue weighted by Gasteiger charge is 2.58. The van der Waals surface area contributed by atoms with E-state index in [1.165, 1.54) is 79.8 Å². The van der Waals surface area contributed by atoms with E-state index in [0.29, 0.717) is 0 Å². The molecule has 2 atom stereocenters. The van der Waals surface area contributed by atoms with Gasteiger partial charge in [0.15, 0.2) is 5.58 Å². The summed E-state index contributed by atoms with van der Waals surface area (Å²) in [5, 5.41) is 4.46. The third-order valence-electron chi connectivity index (χ3n) is 18.5. The Labute approximate surface area is 446 Å². The Kier molecular flexibility index (Phi) is 9.45. The summed E-state index contributed by atoms with van der Waals surface area (Å²) in [7, 11) is 0. The predicted octanol–water partition coefficient (Wildman–Crippen LogP) is 17.6. The van der Waals surface area contributed by atoms with Gasteiger partial charge >= 0.3 is 0 Å². The summed E-state index contributed by atoms with van der Waals surface area (Å²) < 4.78 is 14.1. The molecule has 76 heavy (non-hydrogen) atoms. The molecule has 0 spiro atoms. The molecule has 0 saturated heterocycles. The van der Waals surface area contributed by atoms with Crippen LogP contribution >= 0.6 is 0 Å². The number of anilines is 8. The van der Waals surface area contributed by atoms with Gasteiger partial charge in [-0.3, -0.25) is 0 Å². The summed E-state index contributed by atoms with van der Waals surface area (Å²) in [6.45, 7) is 19.0. The minimum absolute atomic E-state index is 0.0511. The SMILES string of the molecule is CC(C)(C)c1ccc2c(c1)B1c3ccc4c(oc5ccccc54)c3N(c3ccc(C(C)(C)C)cc3-c3ccccc3)c3cc(N4c5ccccc5C5(C)CCCCC45C)cc(c31)N2c1cccc2oc3ccccc3c12. The molecule has 0 N–H and O–H groups in total. The van der Waals surface area contributed by atoms with Crippen LogP contribution in [0.4, 0.5) is 45.5 Å². The maximum atomic E-state index is 7.32. The average molecular weight is 988 g/mol. The second-order valence-electron chi connectivity index (χ2n) is 24.8. The van der Waals surface area contributed by atoms with E-state index in [2.05, 4.69) is 252 Å². The molecule has 4 aliphatic rings. The summed E-state index contributed by atoms with van der Waals surface area (Å²) in [5.74, 6) is 0. The zero-order chi connectivity index (χ0) is 51.6. The Bertz CT molecular complexity index is 4230. The summed E-state index contributed by atoms with van der Waals surface area (Å²) >= 11 is 0. The smallest absolute Gasteiger partial charge is 0.252 e. The Morgan fingerprint density at radius 1 is 0.474 bits per heavy atom. The molecule has 0 amide bonds. The van der Waals surface area contributed by atoms with E-state index in [1.807, 2.05) is 0 Å². The van der Waals surface area contributed by atoms with Crippen molar-refractivity contribution in [3.8, 4) is 11.1 Å². The molecule has 3 aliphatic heterocycles. The van der Waals surface area contributed by atoms with E-state index >= 15 is 0 Å². The lowest BCUT2D eigenvalue weighted by molar-refractivity contribution is 0.195. The van der Waals surface area contributed by atoms with Crippen LogP contribution in [0.25, 0.3) is 55.0 Å². The fourth-order valence-electron chi connectivity index (χ4n) is 14.4. The van der Waals surface area contributed by atoms with Gasteiger partial charge in [-0.1, -0.05) is 183 Å². The molecule has 0 radical (unpaired) electrons. The summed E-state index contributed by atoms with van der Waals surface area (Å²) in [6.07, 6.45) is 4.64. The van der Waals surface area contributed by atoms with Crippen molar-refractivity contribution in [1.82, 2.24) is 0 Å². The van der Waals surface area contributed by atoms with Crippen molar-refractivity contribution in [2.75, 3.05) is 14.7 Å². The Morgan fingerprint density at radius 3 is 1.88 bits per heavy atom. The molecule has 5 nitrogen and oxygen atoms in total. The second-order valence-corrected chi connectivity index (χ2v) is 24.8. The molecule has 5 heterocycles. The fourth-order valence-corrected chi connectivity index (χ4v) is 14.4. The first-order chi connectivity index (χ1) is 36.7. The highest BCUT2D eigenvalue weighted by Crippen LogP contribution is 2.62. The van der Waals surface area contributed by atoms with Gasteiger partial charge in [0, 0.05) is 55.6 Å². The fraction of sp³-hybridized carbons (Fsp3) is 0.229. The zero-order valence-electron chi connectivity index (χ0n) is 44.9. The van der Waals surface area contributed by atoms with Crippen LogP contribution in [-0.2, 0) is 16.2 Å². The van der Waals surface area contributed by atoms with E-state index in [9.17, 15) is 0 Å². The molecule has 15 rings (SSSR count). The van der Waals surface area contributed by atoms with Crippen molar-refractivity contribution in [3.63, 3.8) is 0 Å². The largest absolute Gasteiger partial charge is 0.456 e. The first kappa shape index (κ1) is 45.4. The van der Waals surface area contributed by atoms with Crippen LogP contribution in [0.5, 0.6) is 0 Å². The van der Waals surface area contributed by atoms with Crippen LogP contribution in [0, 0.1) is 0 Å². The Morgan fingerprint density at radius 2 is 1.11 bits per heavy atom. The minimum atomic E-state index is -0.192. The highest BCUT2D eigenvalue weighted by molar-refractivity contribution is 7.00. The Balaban J connectivity index is 1.14. The van der Waals surface area contributed by atoms with E-state index in [0.717, 1.165) is 79.5 Å². The van der Waals surface area contributed by atoms with Crippen molar-refractivity contribution in [3.05, 3.63) is 199 Å². The maximum absolute atomic E-state index is 7.32. The van der Waals surface area contributed by atoms with E-state index in [4.69, 9.17) is 8.83 Å². The normalized spacial score (nSPS) is 18.8. The topological polar surface area (TPSA) is 36.0 Å². The Hall–Kier alpha value is -7.96. The van der Waals surface area contributed by atoms with Gasteiger partial charge in [0.2, 0.25) is 0 Å². The van der Waals surface area contributed by atoms with Crippen LogP contribution in [0.1, 0.15) is 97.8 Å². The van der Waals surface area contributed by atoms with Crippen LogP contribution in [0.2, 0.25) is 0 Å². The second kappa shape index (κ2) is 15.8. The lowest BCUT2D eigenvalue weighted by Crippen LogP contribution is -2.61. The number of nitrogens with zero attached hydrogens (tertiary/aromatic N) is 3. The molecule has 1 fully saturated rings. The number of hydrogen-bond donors (Lipinski definition) is 0. The molecule has 9 aromatic carbocycles. The standard InChI is InChI=1S/C70H62BN3O2/c1-67(2,3)44-31-35-54(50(39-44)43-21-10-9-11-22-43)73-59-42-46(74-55-26-15-14-25-51(55)69(7)37-18-19-38-70(69,74)8)41-58-64(59)71(52-34-33-48-47-23-12-16-28-60(47)76-66(48)65(52)73)53-40-45(68(4,5)6)32-36-56(53)72(58)57-27-20-30-62-63(57)49-24-13-17-29-61(49)75-62/h9-17,20-36,39-42H,18-19,37-38H2,1-8H3. The van der Waals surface area contributed by atoms with Gasteiger partial charge < -0.3 is 23.5 Å². The van der Waals surface area contributed by atoms with Gasteiger partial charge in [-0.2, -0.15) is 0 Å². The summed E-state index contributed by atoms with van der Waals surface area (Å²) in [5.41, 5.74) is 22.6. The lowest BCUT2D eigenvalue weighted by atomic mass is 9.33. The molecule has 2 unspecified atom stereocenters. The van der Waals surface area contributed by atoms with Crippen molar-refractivity contribution in [2.24, 2.45) is 0 Å². The van der Waals surface area contributed by atoms with Crippen molar-refractivity contribution in [1.29, 1.82) is 0 Å². The number of rotatable bonds is 4. The van der Waals surface area contributed by atoms with Crippen LogP contribution in [0.15, 0.2) is 191 Å². The molecule has 6 heteroatoms. The van der Waals surface area contributed by atoms with E-state index in [-0.39, 0.29) is 28.5 Å². The zero-order valence-corrected chi connectivity index (χ0v) is 44.9. The number of fused-ring (bicyclic) bond motifs is 14. The van der Waals surface area contributed by atoms with Gasteiger partial charge in [-0.05, 0) is 130 Å². The average Bonchev–Trinajstić information content (AvgIpc) is 4.23. The predicted molar refractivity (Wildman–Crippen MR) is 321 cm³/mol.